The largest absolute Gasteiger partial charge is 0.490 e. The molecule has 0 unspecified atom stereocenters. The van der Waals surface area contributed by atoms with Crippen LogP contribution in [0, 0.1) is 6.92 Å². The molecular weight excluding hydrogens is 502 g/mol. The van der Waals surface area contributed by atoms with Gasteiger partial charge >= 0.3 is 0 Å². The molecule has 7 heteroatoms. The van der Waals surface area contributed by atoms with Crippen LogP contribution in [0.15, 0.2) is 83.4 Å². The van der Waals surface area contributed by atoms with Crippen molar-refractivity contribution < 1.29 is 9.15 Å². The zero-order valence-corrected chi connectivity index (χ0v) is 22.1. The summed E-state index contributed by atoms with van der Waals surface area (Å²) < 4.78 is 12.7. The molecule has 0 spiro atoms. The van der Waals surface area contributed by atoms with E-state index in [9.17, 15) is 0 Å². The minimum absolute atomic E-state index is 0.178. The Hall–Kier alpha value is -3.35. The molecule has 1 aliphatic heterocycles. The Bertz CT molecular complexity index is 1400. The summed E-state index contributed by atoms with van der Waals surface area (Å²) in [5.41, 5.74) is 3.83. The predicted octanol–water partition coefficient (Wildman–Crippen LogP) is 7.80. The van der Waals surface area contributed by atoms with Crippen molar-refractivity contribution in [3.05, 3.63) is 101 Å². The first kappa shape index (κ1) is 24.0. The average molecular weight is 530 g/mol. The fourth-order valence-electron chi connectivity index (χ4n) is 5.34. The number of furan rings is 1. The van der Waals surface area contributed by atoms with Gasteiger partial charge in [-0.1, -0.05) is 29.8 Å². The zero-order valence-electron chi connectivity index (χ0n) is 20.6. The lowest BCUT2D eigenvalue weighted by Gasteiger charge is -2.26. The van der Waals surface area contributed by atoms with Crippen LogP contribution >= 0.6 is 23.8 Å². The highest BCUT2D eigenvalue weighted by molar-refractivity contribution is 7.80. The van der Waals surface area contributed by atoms with E-state index in [1.165, 1.54) is 12.8 Å². The van der Waals surface area contributed by atoms with Gasteiger partial charge in [0.05, 0.1) is 17.8 Å². The Balaban J connectivity index is 1.36. The molecule has 0 radical (unpaired) electrons. The Kier molecular flexibility index (Phi) is 6.61. The zero-order chi connectivity index (χ0) is 25.4. The maximum atomic E-state index is 6.50. The Morgan fingerprint density at radius 2 is 1.81 bits per heavy atom. The molecule has 1 aliphatic carbocycles. The number of hydrogen-bond acceptors (Lipinski definition) is 4. The first-order chi connectivity index (χ1) is 18.1. The van der Waals surface area contributed by atoms with Gasteiger partial charge < -0.3 is 19.4 Å². The Labute approximate surface area is 227 Å². The summed E-state index contributed by atoms with van der Waals surface area (Å²) in [6.07, 6.45) is 6.86. The number of halogens is 1. The predicted molar refractivity (Wildman–Crippen MR) is 151 cm³/mol. The number of pyridine rings is 1. The molecular formula is C30H28ClN3O2S. The van der Waals surface area contributed by atoms with Crippen LogP contribution < -0.4 is 15.0 Å². The van der Waals surface area contributed by atoms with Gasteiger partial charge in [-0.05, 0) is 105 Å². The van der Waals surface area contributed by atoms with Gasteiger partial charge in [0.1, 0.15) is 23.3 Å². The lowest BCUT2D eigenvalue weighted by atomic mass is 10.0. The van der Waals surface area contributed by atoms with E-state index in [-0.39, 0.29) is 12.1 Å². The SMILES string of the molecule is Cc1c(Cl)cccc1-c1ccc([C@H]2[C@@H](c3ccccn3)NC(=S)N2c2ccc(OC3CCCC3)cc2)o1. The highest BCUT2D eigenvalue weighted by Gasteiger charge is 2.42. The molecule has 0 bridgehead atoms. The van der Waals surface area contributed by atoms with Gasteiger partial charge in [0.15, 0.2) is 5.11 Å². The highest BCUT2D eigenvalue weighted by Crippen LogP contribution is 2.43. The molecule has 5 nitrogen and oxygen atoms in total. The van der Waals surface area contributed by atoms with E-state index >= 15 is 0 Å². The van der Waals surface area contributed by atoms with Crippen molar-refractivity contribution in [1.29, 1.82) is 0 Å². The van der Waals surface area contributed by atoms with Gasteiger partial charge in [0.25, 0.3) is 0 Å². The molecule has 2 fully saturated rings. The molecule has 1 saturated carbocycles. The molecule has 188 valence electrons. The third kappa shape index (κ3) is 4.72. The lowest BCUT2D eigenvalue weighted by Crippen LogP contribution is -2.29. The van der Waals surface area contributed by atoms with E-state index in [2.05, 4.69) is 27.3 Å². The minimum atomic E-state index is -0.225. The number of anilines is 1. The maximum absolute atomic E-state index is 6.50. The quantitative estimate of drug-likeness (QED) is 0.257. The summed E-state index contributed by atoms with van der Waals surface area (Å²) in [4.78, 5) is 6.75. The Morgan fingerprint density at radius 3 is 2.57 bits per heavy atom. The fourth-order valence-corrected chi connectivity index (χ4v) is 5.86. The summed E-state index contributed by atoms with van der Waals surface area (Å²) in [6.45, 7) is 2.00. The number of rotatable bonds is 6. The number of benzene rings is 2. The molecule has 2 aromatic carbocycles. The van der Waals surface area contributed by atoms with Crippen LogP contribution in [-0.2, 0) is 0 Å². The summed E-state index contributed by atoms with van der Waals surface area (Å²) in [7, 11) is 0. The molecule has 1 saturated heterocycles. The topological polar surface area (TPSA) is 50.5 Å². The number of hydrogen-bond donors (Lipinski definition) is 1. The van der Waals surface area contributed by atoms with E-state index < -0.39 is 0 Å². The van der Waals surface area contributed by atoms with Crippen molar-refractivity contribution >= 4 is 34.6 Å². The van der Waals surface area contributed by atoms with Crippen LogP contribution in [0.1, 0.15) is 54.8 Å². The monoisotopic (exact) mass is 529 g/mol. The smallest absolute Gasteiger partial charge is 0.174 e. The van der Waals surface area contributed by atoms with E-state index in [4.69, 9.17) is 33.0 Å². The number of thiocarbonyl (C=S) groups is 1. The van der Waals surface area contributed by atoms with Crippen molar-refractivity contribution in [2.45, 2.75) is 50.8 Å². The summed E-state index contributed by atoms with van der Waals surface area (Å²) in [5, 5.41) is 4.83. The third-order valence-corrected chi connectivity index (χ3v) is 7.99. The van der Waals surface area contributed by atoms with Crippen molar-refractivity contribution in [1.82, 2.24) is 10.3 Å². The van der Waals surface area contributed by atoms with Gasteiger partial charge in [-0.3, -0.25) is 4.98 Å². The van der Waals surface area contributed by atoms with Crippen molar-refractivity contribution in [2.75, 3.05) is 4.90 Å². The second-order valence-electron chi connectivity index (χ2n) is 9.63. The van der Waals surface area contributed by atoms with Crippen LogP contribution in [0.4, 0.5) is 5.69 Å². The fraction of sp³-hybridized carbons (Fsp3) is 0.267. The molecule has 2 aliphatic rings. The first-order valence-corrected chi connectivity index (χ1v) is 13.5. The van der Waals surface area contributed by atoms with Gasteiger partial charge in [0.2, 0.25) is 0 Å². The number of ether oxygens (including phenoxy) is 1. The van der Waals surface area contributed by atoms with Crippen molar-refractivity contribution in [2.24, 2.45) is 0 Å². The normalized spacial score (nSPS) is 19.8. The average Bonchev–Trinajstić information content (AvgIpc) is 3.67. The van der Waals surface area contributed by atoms with Crippen molar-refractivity contribution in [3.63, 3.8) is 0 Å². The molecule has 2 atom stereocenters. The van der Waals surface area contributed by atoms with Crippen LogP contribution in [0.25, 0.3) is 11.3 Å². The van der Waals surface area contributed by atoms with Crippen LogP contribution in [0.5, 0.6) is 5.75 Å². The van der Waals surface area contributed by atoms with Gasteiger partial charge in [0, 0.05) is 22.5 Å². The standard InChI is InChI=1S/C30H28ClN3O2S/c1-19-23(9-6-10-24(19)31)26-16-17-27(36-26)29-28(25-11-4-5-18-32-25)33-30(37)34(29)20-12-14-22(15-13-20)35-21-7-2-3-8-21/h4-6,9-18,21,28-29H,2-3,7-8H2,1H3,(H,33,37)/t28-,29+/m1/s1. The van der Waals surface area contributed by atoms with Gasteiger partial charge in [-0.15, -0.1) is 0 Å². The third-order valence-electron chi connectivity index (χ3n) is 7.27. The second-order valence-corrected chi connectivity index (χ2v) is 10.4. The number of aromatic nitrogens is 1. The number of nitrogens with zero attached hydrogens (tertiary/aromatic N) is 2. The van der Waals surface area contributed by atoms with Gasteiger partial charge in [-0.2, -0.15) is 0 Å². The van der Waals surface area contributed by atoms with Crippen LogP contribution in [-0.4, -0.2) is 16.2 Å². The maximum Gasteiger partial charge on any atom is 0.174 e. The van der Waals surface area contributed by atoms with Crippen LogP contribution in [0.3, 0.4) is 0 Å². The molecule has 6 rings (SSSR count). The first-order valence-electron chi connectivity index (χ1n) is 12.7. The molecule has 0 amide bonds. The van der Waals surface area contributed by atoms with E-state index in [0.717, 1.165) is 52.6 Å². The van der Waals surface area contributed by atoms with E-state index in [1.807, 2.05) is 67.6 Å². The lowest BCUT2D eigenvalue weighted by molar-refractivity contribution is 0.210. The van der Waals surface area contributed by atoms with Crippen LogP contribution in [0.2, 0.25) is 5.02 Å². The molecule has 37 heavy (non-hydrogen) atoms. The highest BCUT2D eigenvalue weighted by atomic mass is 35.5. The van der Waals surface area contributed by atoms with Crippen molar-refractivity contribution in [3.8, 4) is 17.1 Å². The Morgan fingerprint density at radius 1 is 1.00 bits per heavy atom. The summed E-state index contributed by atoms with van der Waals surface area (Å²) in [6, 6.07) is 23.6. The summed E-state index contributed by atoms with van der Waals surface area (Å²) >= 11 is 12.3. The molecule has 4 aromatic rings. The number of nitrogens with one attached hydrogen (secondary N) is 1. The summed E-state index contributed by atoms with van der Waals surface area (Å²) in [5.74, 6) is 2.46. The molecule has 3 heterocycles. The minimum Gasteiger partial charge on any atom is -0.490 e. The van der Waals surface area contributed by atoms with Gasteiger partial charge in [-0.25, -0.2) is 0 Å². The molecule has 1 N–H and O–H groups in total. The second kappa shape index (κ2) is 10.2. The van der Waals surface area contributed by atoms with E-state index in [1.54, 1.807) is 6.20 Å². The van der Waals surface area contributed by atoms with E-state index in [0.29, 0.717) is 16.2 Å². The molecule has 2 aromatic heterocycles.